The Balaban J connectivity index is 2.64. The number of rotatable bonds is 0. The lowest BCUT2D eigenvalue weighted by atomic mass is 10.4. The molecule has 0 aromatic heterocycles. The first-order valence-corrected chi connectivity index (χ1v) is 3.33. The third-order valence-electron chi connectivity index (χ3n) is 0.764. The normalized spacial score (nSPS) is 29.6. The van der Waals surface area contributed by atoms with Crippen molar-refractivity contribution in [3.63, 3.8) is 0 Å². The van der Waals surface area contributed by atoms with Crippen LogP contribution in [0.25, 0.3) is 0 Å². The highest BCUT2D eigenvalue weighted by Crippen LogP contribution is 2.10. The van der Waals surface area contributed by atoms with Crippen molar-refractivity contribution >= 4 is 11.1 Å². The van der Waals surface area contributed by atoms with Crippen LogP contribution < -0.4 is 0 Å². The second-order valence-electron chi connectivity index (χ2n) is 1.40. The van der Waals surface area contributed by atoms with Gasteiger partial charge in [-0.15, -0.1) is 0 Å². The van der Waals surface area contributed by atoms with Crippen molar-refractivity contribution in [1.82, 2.24) is 0 Å². The van der Waals surface area contributed by atoms with Crippen molar-refractivity contribution in [2.45, 2.75) is 6.42 Å². The van der Waals surface area contributed by atoms with E-state index < -0.39 is 11.1 Å². The van der Waals surface area contributed by atoms with Crippen molar-refractivity contribution in [1.29, 1.82) is 0 Å². The van der Waals surface area contributed by atoms with Crippen LogP contribution in [0.3, 0.4) is 0 Å². The molecule has 1 atom stereocenters. The zero-order chi connectivity index (χ0) is 5.98. The van der Waals surface area contributed by atoms with Gasteiger partial charge in [-0.2, -0.15) is 0 Å². The van der Waals surface area contributed by atoms with E-state index in [9.17, 15) is 8.60 Å². The molecular formula is C4H5FO2S. The molecule has 0 saturated carbocycles. The minimum absolute atomic E-state index is 0.231. The molecule has 0 aromatic rings. The van der Waals surface area contributed by atoms with Gasteiger partial charge in [0, 0.05) is 6.42 Å². The molecule has 0 N–H and O–H groups in total. The van der Waals surface area contributed by atoms with Gasteiger partial charge in [-0.05, 0) is 0 Å². The van der Waals surface area contributed by atoms with Gasteiger partial charge in [0.15, 0.2) is 11.1 Å². The Morgan fingerprint density at radius 3 is 3.00 bits per heavy atom. The van der Waals surface area contributed by atoms with Gasteiger partial charge in [-0.3, -0.25) is 4.18 Å². The van der Waals surface area contributed by atoms with Gasteiger partial charge in [-0.1, -0.05) is 0 Å². The summed E-state index contributed by atoms with van der Waals surface area (Å²) >= 11 is -1.51. The standard InChI is InChI=1S/C4H5FO2S/c5-4-1-2-7-8(6)3-4/h3H,1-2H2. The average Bonchev–Trinajstić information content (AvgIpc) is 1.64. The van der Waals surface area contributed by atoms with E-state index in [2.05, 4.69) is 4.18 Å². The van der Waals surface area contributed by atoms with E-state index in [0.29, 0.717) is 0 Å². The van der Waals surface area contributed by atoms with Gasteiger partial charge in [0.1, 0.15) is 5.83 Å². The van der Waals surface area contributed by atoms with Gasteiger partial charge < -0.3 is 0 Å². The lowest BCUT2D eigenvalue weighted by Crippen LogP contribution is -2.02. The first-order chi connectivity index (χ1) is 3.79. The molecule has 0 amide bonds. The molecule has 0 radical (unpaired) electrons. The molecule has 8 heavy (non-hydrogen) atoms. The van der Waals surface area contributed by atoms with Crippen LogP contribution in [0.1, 0.15) is 6.42 Å². The molecule has 46 valence electrons. The highest BCUT2D eigenvalue weighted by atomic mass is 32.2. The molecule has 1 aliphatic rings. The molecule has 0 aliphatic carbocycles. The van der Waals surface area contributed by atoms with Crippen LogP contribution >= 0.6 is 0 Å². The van der Waals surface area contributed by atoms with Gasteiger partial charge >= 0.3 is 0 Å². The summed E-state index contributed by atoms with van der Waals surface area (Å²) in [6.45, 7) is 0.231. The summed E-state index contributed by atoms with van der Waals surface area (Å²) in [7, 11) is 0. The fraction of sp³-hybridized carbons (Fsp3) is 0.500. The van der Waals surface area contributed by atoms with E-state index in [-0.39, 0.29) is 18.9 Å². The lowest BCUT2D eigenvalue weighted by molar-refractivity contribution is 0.333. The molecule has 0 bridgehead atoms. The molecule has 4 heteroatoms. The largest absolute Gasteiger partial charge is 0.287 e. The Bertz CT molecular complexity index is 143. The van der Waals surface area contributed by atoms with E-state index >= 15 is 0 Å². The Kier molecular flexibility index (Phi) is 1.75. The average molecular weight is 136 g/mol. The van der Waals surface area contributed by atoms with Crippen LogP contribution in [0.5, 0.6) is 0 Å². The van der Waals surface area contributed by atoms with Crippen molar-refractivity contribution < 1.29 is 12.8 Å². The SMILES string of the molecule is O=S1C=C(F)CCO1. The maximum atomic E-state index is 12.0. The highest BCUT2D eigenvalue weighted by molar-refractivity contribution is 7.83. The van der Waals surface area contributed by atoms with Crippen LogP contribution in [0, 0.1) is 0 Å². The number of hydrogen-bond acceptors (Lipinski definition) is 2. The van der Waals surface area contributed by atoms with Crippen molar-refractivity contribution in [3.05, 3.63) is 11.2 Å². The van der Waals surface area contributed by atoms with Gasteiger partial charge in [0.05, 0.1) is 12.0 Å². The van der Waals surface area contributed by atoms with Crippen LogP contribution in [0.15, 0.2) is 11.2 Å². The first-order valence-electron chi connectivity index (χ1n) is 2.19. The molecule has 2 nitrogen and oxygen atoms in total. The molecule has 1 heterocycles. The topological polar surface area (TPSA) is 26.3 Å². The molecule has 0 fully saturated rings. The summed E-state index contributed by atoms with van der Waals surface area (Å²) < 4.78 is 26.8. The second-order valence-corrected chi connectivity index (χ2v) is 2.39. The molecular weight excluding hydrogens is 131 g/mol. The van der Waals surface area contributed by atoms with E-state index in [1.165, 1.54) is 0 Å². The van der Waals surface area contributed by atoms with Crippen LogP contribution in [0.4, 0.5) is 4.39 Å². The fourth-order valence-electron chi connectivity index (χ4n) is 0.419. The van der Waals surface area contributed by atoms with Crippen LogP contribution in [-0.4, -0.2) is 10.8 Å². The maximum Gasteiger partial charge on any atom is 0.184 e. The molecule has 0 aromatic carbocycles. The van der Waals surface area contributed by atoms with E-state index in [4.69, 9.17) is 0 Å². The Hall–Kier alpha value is -0.220. The maximum absolute atomic E-state index is 12.0. The zero-order valence-corrected chi connectivity index (χ0v) is 4.91. The van der Waals surface area contributed by atoms with E-state index in [1.807, 2.05) is 0 Å². The van der Waals surface area contributed by atoms with Crippen molar-refractivity contribution in [2.24, 2.45) is 0 Å². The quantitative estimate of drug-likeness (QED) is 0.494. The zero-order valence-electron chi connectivity index (χ0n) is 4.09. The van der Waals surface area contributed by atoms with Gasteiger partial charge in [0.2, 0.25) is 0 Å². The minimum atomic E-state index is -1.51. The third-order valence-corrected chi connectivity index (χ3v) is 1.61. The third kappa shape index (κ3) is 1.38. The molecule has 1 rings (SSSR count). The predicted molar refractivity (Wildman–Crippen MR) is 27.9 cm³/mol. The lowest BCUT2D eigenvalue weighted by Gasteiger charge is -2.03. The van der Waals surface area contributed by atoms with E-state index in [1.54, 1.807) is 0 Å². The Morgan fingerprint density at radius 2 is 2.62 bits per heavy atom. The Labute approximate surface area is 49.0 Å². The fourth-order valence-corrected chi connectivity index (χ4v) is 1.06. The highest BCUT2D eigenvalue weighted by Gasteiger charge is 2.06. The minimum Gasteiger partial charge on any atom is -0.287 e. The summed E-state index contributed by atoms with van der Waals surface area (Å²) in [5.74, 6) is -0.338. The monoisotopic (exact) mass is 136 g/mol. The van der Waals surface area contributed by atoms with Crippen LogP contribution in [-0.2, 0) is 15.3 Å². The molecule has 1 aliphatic heterocycles. The number of hydrogen-bond donors (Lipinski definition) is 0. The summed E-state index contributed by atoms with van der Waals surface area (Å²) in [5.41, 5.74) is 0. The first kappa shape index (κ1) is 5.91. The predicted octanol–water partition coefficient (Wildman–Crippen LogP) is 0.881. The molecule has 1 unspecified atom stereocenters. The molecule has 0 spiro atoms. The second kappa shape index (κ2) is 2.37. The van der Waals surface area contributed by atoms with Crippen molar-refractivity contribution in [2.75, 3.05) is 6.61 Å². The summed E-state index contributed by atoms with van der Waals surface area (Å²) in [4.78, 5) is 0. The smallest absolute Gasteiger partial charge is 0.184 e. The molecule has 0 saturated heterocycles. The van der Waals surface area contributed by atoms with Gasteiger partial charge in [0.25, 0.3) is 0 Å². The van der Waals surface area contributed by atoms with Crippen molar-refractivity contribution in [3.8, 4) is 0 Å². The summed E-state index contributed by atoms with van der Waals surface area (Å²) in [5, 5.41) is 0.976. The van der Waals surface area contributed by atoms with E-state index in [0.717, 1.165) is 5.41 Å². The summed E-state index contributed by atoms with van der Waals surface area (Å²) in [6.07, 6.45) is 0.256. The Morgan fingerprint density at radius 1 is 1.88 bits per heavy atom. The number of halogens is 1. The summed E-state index contributed by atoms with van der Waals surface area (Å²) in [6, 6.07) is 0. The van der Waals surface area contributed by atoms with Crippen LogP contribution in [0.2, 0.25) is 0 Å². The van der Waals surface area contributed by atoms with Gasteiger partial charge in [-0.25, -0.2) is 8.60 Å².